The monoisotopic (exact) mass is 389 g/mol. The van der Waals surface area contributed by atoms with Gasteiger partial charge in [0, 0.05) is 31.4 Å². The smallest absolute Gasteiger partial charge is 0.224 e. The van der Waals surface area contributed by atoms with Gasteiger partial charge in [0.2, 0.25) is 5.91 Å². The number of unbranched alkanes of at least 4 members (excludes halogenated alkanes) is 1. The summed E-state index contributed by atoms with van der Waals surface area (Å²) in [5.41, 5.74) is 0.791. The second-order valence-electron chi connectivity index (χ2n) is 7.60. The SMILES string of the molecule is CCC(C)[C@@H](CCCC(=O)CO)CC(=O)CCCCC(=O)Nc1ccccc1. The average Bonchev–Trinajstić information content (AvgIpc) is 2.70. The molecule has 1 aromatic rings. The first kappa shape index (κ1) is 24.0. The van der Waals surface area contributed by atoms with Crippen molar-refractivity contribution in [2.24, 2.45) is 11.8 Å². The van der Waals surface area contributed by atoms with Crippen molar-refractivity contribution in [2.75, 3.05) is 11.9 Å². The molecule has 2 N–H and O–H groups in total. The quantitative estimate of drug-likeness (QED) is 0.431. The molecule has 1 amide bonds. The highest BCUT2D eigenvalue weighted by Gasteiger charge is 2.19. The number of anilines is 1. The predicted molar refractivity (Wildman–Crippen MR) is 112 cm³/mol. The molecule has 1 rings (SSSR count). The van der Waals surface area contributed by atoms with Crippen LogP contribution in [0.2, 0.25) is 0 Å². The highest BCUT2D eigenvalue weighted by Crippen LogP contribution is 2.26. The van der Waals surface area contributed by atoms with E-state index in [4.69, 9.17) is 5.11 Å². The standard InChI is InChI=1S/C23H35NO4/c1-3-18(2)19(10-9-14-22(27)17-25)16-21(26)13-7-8-15-23(28)24-20-11-5-4-6-12-20/h4-6,11-12,18-19,25H,3,7-10,13-17H2,1-2H3,(H,24,28)/t18?,19-/m0/s1. The Morgan fingerprint density at radius 2 is 1.61 bits per heavy atom. The minimum atomic E-state index is -0.398. The maximum atomic E-state index is 12.4. The molecule has 156 valence electrons. The molecule has 0 aliphatic rings. The fourth-order valence-electron chi connectivity index (χ4n) is 3.31. The first-order valence-electron chi connectivity index (χ1n) is 10.4. The summed E-state index contributed by atoms with van der Waals surface area (Å²) in [5, 5.41) is 11.7. The van der Waals surface area contributed by atoms with E-state index in [1.165, 1.54) is 0 Å². The number of hydrogen-bond donors (Lipinski definition) is 2. The Bertz CT molecular complexity index is 600. The summed E-state index contributed by atoms with van der Waals surface area (Å²) in [7, 11) is 0. The number of aliphatic hydroxyl groups is 1. The van der Waals surface area contributed by atoms with Crippen molar-refractivity contribution in [1.82, 2.24) is 0 Å². The minimum Gasteiger partial charge on any atom is -0.389 e. The Morgan fingerprint density at radius 3 is 2.25 bits per heavy atom. The third-order valence-electron chi connectivity index (χ3n) is 5.31. The van der Waals surface area contributed by atoms with Gasteiger partial charge in [-0.25, -0.2) is 0 Å². The van der Waals surface area contributed by atoms with Gasteiger partial charge in [-0.15, -0.1) is 0 Å². The van der Waals surface area contributed by atoms with Crippen molar-refractivity contribution in [1.29, 1.82) is 0 Å². The van der Waals surface area contributed by atoms with Gasteiger partial charge in [-0.1, -0.05) is 38.5 Å². The number of nitrogens with one attached hydrogen (secondary N) is 1. The first-order valence-corrected chi connectivity index (χ1v) is 10.4. The van der Waals surface area contributed by atoms with Crippen LogP contribution >= 0.6 is 0 Å². The summed E-state index contributed by atoms with van der Waals surface area (Å²) in [6.45, 7) is 3.87. The van der Waals surface area contributed by atoms with Crippen molar-refractivity contribution in [3.63, 3.8) is 0 Å². The molecule has 1 aromatic carbocycles. The van der Waals surface area contributed by atoms with Gasteiger partial charge in [0.1, 0.15) is 12.4 Å². The van der Waals surface area contributed by atoms with Crippen molar-refractivity contribution < 1.29 is 19.5 Å². The fraction of sp³-hybridized carbons (Fsp3) is 0.609. The topological polar surface area (TPSA) is 83.5 Å². The van der Waals surface area contributed by atoms with Crippen LogP contribution in [0.5, 0.6) is 0 Å². The second kappa shape index (κ2) is 14.1. The third kappa shape index (κ3) is 10.4. The molecule has 0 aromatic heterocycles. The van der Waals surface area contributed by atoms with Gasteiger partial charge >= 0.3 is 0 Å². The number of Topliss-reactive ketones (excluding diaryl/α,β-unsaturated/α-hetero) is 2. The van der Waals surface area contributed by atoms with Crippen molar-refractivity contribution in [2.45, 2.75) is 71.6 Å². The van der Waals surface area contributed by atoms with E-state index >= 15 is 0 Å². The Morgan fingerprint density at radius 1 is 0.964 bits per heavy atom. The van der Waals surface area contributed by atoms with Crippen molar-refractivity contribution >= 4 is 23.2 Å². The van der Waals surface area contributed by atoms with Gasteiger partial charge in [-0.3, -0.25) is 14.4 Å². The lowest BCUT2D eigenvalue weighted by Gasteiger charge is -2.22. The molecular formula is C23H35NO4. The van der Waals surface area contributed by atoms with Crippen LogP contribution in [-0.2, 0) is 14.4 Å². The van der Waals surface area contributed by atoms with Gasteiger partial charge in [0.05, 0.1) is 0 Å². The van der Waals surface area contributed by atoms with Crippen LogP contribution in [-0.4, -0.2) is 29.2 Å². The number of carbonyl (C=O) groups is 3. The van der Waals surface area contributed by atoms with Crippen LogP contribution in [0.1, 0.15) is 71.6 Å². The van der Waals surface area contributed by atoms with E-state index in [0.29, 0.717) is 38.0 Å². The molecule has 0 aliphatic carbocycles. The van der Waals surface area contributed by atoms with Crippen LogP contribution < -0.4 is 5.32 Å². The van der Waals surface area contributed by atoms with Crippen LogP contribution in [0.15, 0.2) is 30.3 Å². The summed E-state index contributed by atoms with van der Waals surface area (Å²) < 4.78 is 0. The molecule has 5 heteroatoms. The highest BCUT2D eigenvalue weighted by atomic mass is 16.3. The molecule has 0 radical (unpaired) electrons. The normalized spacial score (nSPS) is 13.0. The lowest BCUT2D eigenvalue weighted by Crippen LogP contribution is -2.17. The Balaban J connectivity index is 2.27. The number of rotatable bonds is 15. The minimum absolute atomic E-state index is 0.0234. The molecule has 5 nitrogen and oxygen atoms in total. The summed E-state index contributed by atoms with van der Waals surface area (Å²) in [6.07, 6.45) is 5.83. The van der Waals surface area contributed by atoms with Gasteiger partial charge < -0.3 is 10.4 Å². The average molecular weight is 390 g/mol. The zero-order valence-electron chi connectivity index (χ0n) is 17.3. The zero-order chi connectivity index (χ0) is 20.8. The van der Waals surface area contributed by atoms with E-state index in [1.807, 2.05) is 30.3 Å². The van der Waals surface area contributed by atoms with Crippen molar-refractivity contribution in [3.05, 3.63) is 30.3 Å². The summed E-state index contributed by atoms with van der Waals surface area (Å²) in [6, 6.07) is 9.36. The van der Waals surface area contributed by atoms with Crippen molar-refractivity contribution in [3.8, 4) is 0 Å². The van der Waals surface area contributed by atoms with Gasteiger partial charge in [-0.2, -0.15) is 0 Å². The number of benzene rings is 1. The predicted octanol–water partition coefficient (Wildman–Crippen LogP) is 4.54. The number of carbonyl (C=O) groups excluding carboxylic acids is 3. The van der Waals surface area contributed by atoms with Gasteiger partial charge in [0.25, 0.3) is 0 Å². The lowest BCUT2D eigenvalue weighted by atomic mass is 9.83. The number of hydrogen-bond acceptors (Lipinski definition) is 4. The van der Waals surface area contributed by atoms with E-state index in [0.717, 1.165) is 31.4 Å². The zero-order valence-corrected chi connectivity index (χ0v) is 17.3. The molecule has 0 bridgehead atoms. The molecule has 0 aliphatic heterocycles. The van der Waals surface area contributed by atoms with Crippen LogP contribution in [0.4, 0.5) is 5.69 Å². The molecule has 0 heterocycles. The van der Waals surface area contributed by atoms with E-state index in [2.05, 4.69) is 19.2 Å². The summed E-state index contributed by atoms with van der Waals surface area (Å²) in [4.78, 5) is 35.5. The summed E-state index contributed by atoms with van der Waals surface area (Å²) in [5.74, 6) is 0.796. The first-order chi connectivity index (χ1) is 13.5. The van der Waals surface area contributed by atoms with Gasteiger partial charge in [0.15, 0.2) is 5.78 Å². The second-order valence-corrected chi connectivity index (χ2v) is 7.60. The number of amides is 1. The van der Waals surface area contributed by atoms with Gasteiger partial charge in [-0.05, 0) is 49.7 Å². The number of para-hydroxylation sites is 1. The van der Waals surface area contributed by atoms with Crippen LogP contribution in [0.25, 0.3) is 0 Å². The molecule has 28 heavy (non-hydrogen) atoms. The Hall–Kier alpha value is -2.01. The molecule has 0 spiro atoms. The lowest BCUT2D eigenvalue weighted by molar-refractivity contribution is -0.122. The fourth-order valence-corrected chi connectivity index (χ4v) is 3.31. The van der Waals surface area contributed by atoms with Crippen LogP contribution in [0, 0.1) is 11.8 Å². The number of ketones is 2. The highest BCUT2D eigenvalue weighted by molar-refractivity contribution is 5.90. The van der Waals surface area contributed by atoms with E-state index < -0.39 is 6.61 Å². The maximum absolute atomic E-state index is 12.4. The third-order valence-corrected chi connectivity index (χ3v) is 5.31. The summed E-state index contributed by atoms with van der Waals surface area (Å²) >= 11 is 0. The molecule has 2 atom stereocenters. The largest absolute Gasteiger partial charge is 0.389 e. The molecule has 0 fully saturated rings. The molecular weight excluding hydrogens is 354 g/mol. The maximum Gasteiger partial charge on any atom is 0.224 e. The Kier molecular flexibility index (Phi) is 12.1. The van der Waals surface area contributed by atoms with Crippen LogP contribution in [0.3, 0.4) is 0 Å². The van der Waals surface area contributed by atoms with E-state index in [9.17, 15) is 14.4 Å². The molecule has 0 saturated carbocycles. The molecule has 1 unspecified atom stereocenters. The van der Waals surface area contributed by atoms with E-state index in [1.54, 1.807) is 0 Å². The molecule has 0 saturated heterocycles. The number of aliphatic hydroxyl groups excluding tert-OH is 1. The van der Waals surface area contributed by atoms with E-state index in [-0.39, 0.29) is 23.4 Å². The Labute approximate surface area is 168 Å².